The first-order chi connectivity index (χ1) is 5.64. The summed E-state index contributed by atoms with van der Waals surface area (Å²) in [5, 5.41) is 0. The van der Waals surface area contributed by atoms with Crippen LogP contribution in [0.4, 0.5) is 0 Å². The van der Waals surface area contributed by atoms with Crippen molar-refractivity contribution in [2.45, 2.75) is 12.7 Å². The van der Waals surface area contributed by atoms with Crippen molar-refractivity contribution in [1.29, 1.82) is 0 Å². The molecule has 0 aliphatic carbocycles. The third kappa shape index (κ3) is 2.62. The predicted octanol–water partition coefficient (Wildman–Crippen LogP) is 1.02. The van der Waals surface area contributed by atoms with Crippen LogP contribution >= 0.6 is 0 Å². The lowest BCUT2D eigenvalue weighted by molar-refractivity contribution is 0.596. The van der Waals surface area contributed by atoms with Gasteiger partial charge in [0.15, 0.2) is 9.84 Å². The van der Waals surface area contributed by atoms with Crippen LogP contribution in [0.15, 0.2) is 24.5 Å². The highest BCUT2D eigenvalue weighted by Crippen LogP contribution is 2.03. The summed E-state index contributed by atoms with van der Waals surface area (Å²) in [5.74, 6) is 0.277. The highest BCUT2D eigenvalue weighted by molar-refractivity contribution is 7.90. The van der Waals surface area contributed by atoms with Crippen LogP contribution in [0.5, 0.6) is 0 Å². The molecule has 0 N–H and O–H groups in total. The number of rotatable bonds is 3. The van der Waals surface area contributed by atoms with Gasteiger partial charge in [0.1, 0.15) is 0 Å². The van der Waals surface area contributed by atoms with E-state index in [0.29, 0.717) is 0 Å². The van der Waals surface area contributed by atoms with Gasteiger partial charge >= 0.3 is 0 Å². The zero-order valence-corrected chi connectivity index (χ0v) is 7.71. The fourth-order valence-corrected chi connectivity index (χ4v) is 1.72. The first-order valence-electron chi connectivity index (χ1n) is 3.73. The largest absolute Gasteiger partial charge is 0.264 e. The van der Waals surface area contributed by atoms with E-state index in [1.807, 2.05) is 0 Å². The van der Waals surface area contributed by atoms with E-state index in [1.54, 1.807) is 31.5 Å². The Labute approximate surface area is 72.4 Å². The molecule has 0 fully saturated rings. The number of pyridine rings is 1. The van der Waals surface area contributed by atoms with Crippen molar-refractivity contribution >= 4 is 9.84 Å². The molecule has 1 aromatic rings. The van der Waals surface area contributed by atoms with Gasteiger partial charge in [-0.05, 0) is 11.6 Å². The zero-order chi connectivity index (χ0) is 9.03. The van der Waals surface area contributed by atoms with E-state index in [-0.39, 0.29) is 11.5 Å². The first-order valence-corrected chi connectivity index (χ1v) is 5.55. The molecular formula is C8H11NO2S. The Morgan fingerprint density at radius 1 is 1.50 bits per heavy atom. The summed E-state index contributed by atoms with van der Waals surface area (Å²) in [5.41, 5.74) is 0.749. The lowest BCUT2D eigenvalue weighted by atomic mass is 10.3. The van der Waals surface area contributed by atoms with E-state index in [1.165, 1.54) is 0 Å². The molecule has 0 saturated heterocycles. The fraction of sp³-hybridized carbons (Fsp3) is 0.375. The molecule has 1 aromatic heterocycles. The molecule has 1 heterocycles. The smallest absolute Gasteiger partial charge is 0.154 e. The minimum atomic E-state index is -2.91. The van der Waals surface area contributed by atoms with Crippen molar-refractivity contribution in [3.05, 3.63) is 30.1 Å². The van der Waals surface area contributed by atoms with Gasteiger partial charge in [0.05, 0.1) is 5.75 Å². The third-order valence-electron chi connectivity index (χ3n) is 1.55. The molecule has 0 aromatic carbocycles. The van der Waals surface area contributed by atoms with Gasteiger partial charge in [-0.15, -0.1) is 0 Å². The molecule has 0 amide bonds. The highest BCUT2D eigenvalue weighted by Gasteiger charge is 2.07. The monoisotopic (exact) mass is 185 g/mol. The minimum absolute atomic E-state index is 0.0946. The maximum Gasteiger partial charge on any atom is 0.154 e. The summed E-state index contributed by atoms with van der Waals surface area (Å²) in [6.45, 7) is 1.64. The zero-order valence-electron chi connectivity index (χ0n) is 6.90. The van der Waals surface area contributed by atoms with Crippen LogP contribution in [0.1, 0.15) is 12.5 Å². The van der Waals surface area contributed by atoms with Gasteiger partial charge in [0.2, 0.25) is 0 Å². The van der Waals surface area contributed by atoms with E-state index >= 15 is 0 Å². The molecule has 0 spiro atoms. The molecule has 0 unspecified atom stereocenters. The maximum atomic E-state index is 11.1. The van der Waals surface area contributed by atoms with Gasteiger partial charge in [-0.2, -0.15) is 0 Å². The minimum Gasteiger partial charge on any atom is -0.264 e. The number of hydrogen-bond acceptors (Lipinski definition) is 3. The molecule has 0 saturated carbocycles. The summed E-state index contributed by atoms with van der Waals surface area (Å²) in [6.07, 6.45) is 3.20. The van der Waals surface area contributed by atoms with Crippen molar-refractivity contribution in [2.24, 2.45) is 0 Å². The fourth-order valence-electron chi connectivity index (χ4n) is 0.840. The second kappa shape index (κ2) is 3.67. The first kappa shape index (κ1) is 9.19. The van der Waals surface area contributed by atoms with Gasteiger partial charge < -0.3 is 0 Å². The molecule has 0 radical (unpaired) electrons. The Morgan fingerprint density at radius 3 is 2.75 bits per heavy atom. The Bertz CT molecular complexity index is 331. The molecule has 0 atom stereocenters. The summed E-state index contributed by atoms with van der Waals surface area (Å²) >= 11 is 0. The summed E-state index contributed by atoms with van der Waals surface area (Å²) < 4.78 is 22.3. The Balaban J connectivity index is 2.78. The van der Waals surface area contributed by atoms with E-state index in [9.17, 15) is 8.42 Å². The van der Waals surface area contributed by atoms with E-state index in [4.69, 9.17) is 0 Å². The Hall–Kier alpha value is -0.900. The van der Waals surface area contributed by atoms with Crippen LogP contribution < -0.4 is 0 Å². The number of hydrogen-bond donors (Lipinski definition) is 0. The Morgan fingerprint density at radius 2 is 2.25 bits per heavy atom. The van der Waals surface area contributed by atoms with Crippen LogP contribution in [-0.2, 0) is 15.6 Å². The molecule has 3 nitrogen and oxygen atoms in total. The quantitative estimate of drug-likeness (QED) is 0.706. The van der Waals surface area contributed by atoms with Crippen molar-refractivity contribution in [3.8, 4) is 0 Å². The number of sulfone groups is 1. The van der Waals surface area contributed by atoms with Crippen LogP contribution in [-0.4, -0.2) is 19.2 Å². The second-order valence-electron chi connectivity index (χ2n) is 2.54. The van der Waals surface area contributed by atoms with Gasteiger partial charge in [0.25, 0.3) is 0 Å². The van der Waals surface area contributed by atoms with Crippen molar-refractivity contribution in [2.75, 3.05) is 5.75 Å². The average Bonchev–Trinajstić information content (AvgIpc) is 2.06. The second-order valence-corrected chi connectivity index (χ2v) is 4.89. The molecular weight excluding hydrogens is 174 g/mol. The van der Waals surface area contributed by atoms with Crippen molar-refractivity contribution in [3.63, 3.8) is 0 Å². The molecule has 66 valence electrons. The van der Waals surface area contributed by atoms with Gasteiger partial charge in [0, 0.05) is 18.1 Å². The van der Waals surface area contributed by atoms with Crippen LogP contribution in [0, 0.1) is 0 Å². The molecule has 12 heavy (non-hydrogen) atoms. The maximum absolute atomic E-state index is 11.1. The summed E-state index contributed by atoms with van der Waals surface area (Å²) in [7, 11) is -2.91. The summed E-state index contributed by atoms with van der Waals surface area (Å²) in [4.78, 5) is 3.84. The van der Waals surface area contributed by atoms with Gasteiger partial charge in [-0.25, -0.2) is 8.42 Å². The standard InChI is InChI=1S/C8H11NO2S/c1-2-12(10,11)7-8-4-3-5-9-6-8/h3-6H,2,7H2,1H3. The normalized spacial score (nSPS) is 11.4. The molecule has 0 bridgehead atoms. The average molecular weight is 185 g/mol. The lowest BCUT2D eigenvalue weighted by Crippen LogP contribution is -2.06. The SMILES string of the molecule is CCS(=O)(=O)Cc1cccnc1. The van der Waals surface area contributed by atoms with E-state index in [0.717, 1.165) is 5.56 Å². The predicted molar refractivity (Wildman–Crippen MR) is 47.4 cm³/mol. The van der Waals surface area contributed by atoms with Crippen LogP contribution in [0.3, 0.4) is 0 Å². The summed E-state index contributed by atoms with van der Waals surface area (Å²) in [6, 6.07) is 3.50. The van der Waals surface area contributed by atoms with E-state index < -0.39 is 9.84 Å². The van der Waals surface area contributed by atoms with Crippen molar-refractivity contribution in [1.82, 2.24) is 4.98 Å². The lowest BCUT2D eigenvalue weighted by Gasteiger charge is -1.99. The van der Waals surface area contributed by atoms with Crippen LogP contribution in [0.25, 0.3) is 0 Å². The Kier molecular flexibility index (Phi) is 2.81. The number of nitrogens with zero attached hydrogens (tertiary/aromatic N) is 1. The van der Waals surface area contributed by atoms with E-state index in [2.05, 4.69) is 4.98 Å². The van der Waals surface area contributed by atoms with Gasteiger partial charge in [-0.1, -0.05) is 13.0 Å². The third-order valence-corrected chi connectivity index (χ3v) is 3.20. The number of aromatic nitrogens is 1. The van der Waals surface area contributed by atoms with Gasteiger partial charge in [-0.3, -0.25) is 4.98 Å². The van der Waals surface area contributed by atoms with Crippen LogP contribution in [0.2, 0.25) is 0 Å². The topological polar surface area (TPSA) is 47.0 Å². The highest BCUT2D eigenvalue weighted by atomic mass is 32.2. The molecule has 0 aliphatic heterocycles. The van der Waals surface area contributed by atoms with Crippen molar-refractivity contribution < 1.29 is 8.42 Å². The molecule has 4 heteroatoms. The molecule has 1 rings (SSSR count). The molecule has 0 aliphatic rings.